The fourth-order valence-electron chi connectivity index (χ4n) is 4.33. The Morgan fingerprint density at radius 1 is 0.658 bits per heavy atom. The topological polar surface area (TPSA) is 43.8 Å². The molecule has 8 heteroatoms. The molecule has 0 aliphatic carbocycles. The van der Waals surface area contributed by atoms with Gasteiger partial charge in [-0.25, -0.2) is 9.97 Å². The number of fused-ring (bicyclic) bond motifs is 2. The maximum Gasteiger partial charge on any atom is 0.416 e. The number of ether oxygens (including phenoxy) is 1. The van der Waals surface area contributed by atoms with Crippen LogP contribution in [-0.2, 0) is 6.18 Å². The van der Waals surface area contributed by atoms with Crippen LogP contribution in [0.3, 0.4) is 0 Å². The molecule has 2 aromatic carbocycles. The first-order valence-electron chi connectivity index (χ1n) is 11.7. The van der Waals surface area contributed by atoms with Crippen molar-refractivity contribution in [1.82, 2.24) is 18.8 Å². The summed E-state index contributed by atoms with van der Waals surface area (Å²) in [6.07, 6.45) is -0.655. The number of imidazole rings is 2. The zero-order chi connectivity index (χ0) is 26.3. The molecular weight excluding hydrogens is 489 g/mol. The number of hydrogen-bond acceptors (Lipinski definition) is 3. The van der Waals surface area contributed by atoms with E-state index in [1.807, 2.05) is 81.9 Å². The van der Waals surface area contributed by atoms with Gasteiger partial charge < -0.3 is 4.74 Å². The summed E-state index contributed by atoms with van der Waals surface area (Å²) in [4.78, 5) is 9.51. The Balaban J connectivity index is 1.44. The minimum absolute atomic E-state index is 0.503. The largest absolute Gasteiger partial charge is 0.497 e. The molecule has 6 aromatic rings. The third-order valence-electron chi connectivity index (χ3n) is 6.21. The van der Waals surface area contributed by atoms with Gasteiger partial charge >= 0.3 is 6.18 Å². The van der Waals surface area contributed by atoms with Crippen LogP contribution in [0.1, 0.15) is 17.0 Å². The lowest BCUT2D eigenvalue weighted by molar-refractivity contribution is -0.137. The first-order chi connectivity index (χ1) is 18.4. The third kappa shape index (κ3) is 4.14. The van der Waals surface area contributed by atoms with Crippen molar-refractivity contribution in [2.24, 2.45) is 0 Å². The van der Waals surface area contributed by atoms with Crippen LogP contribution in [0.5, 0.6) is 5.75 Å². The number of benzene rings is 2. The van der Waals surface area contributed by atoms with Gasteiger partial charge in [-0.1, -0.05) is 24.3 Å². The van der Waals surface area contributed by atoms with Gasteiger partial charge in [0.1, 0.15) is 28.8 Å². The summed E-state index contributed by atoms with van der Waals surface area (Å²) < 4.78 is 48.2. The molecule has 4 heterocycles. The van der Waals surface area contributed by atoms with Crippen LogP contribution in [0.2, 0.25) is 0 Å². The average Bonchev–Trinajstić information content (AvgIpc) is 3.50. The zero-order valence-corrected chi connectivity index (χ0v) is 20.1. The van der Waals surface area contributed by atoms with E-state index in [-0.39, 0.29) is 0 Å². The van der Waals surface area contributed by atoms with E-state index in [2.05, 4.69) is 11.8 Å². The van der Waals surface area contributed by atoms with E-state index >= 15 is 0 Å². The molecule has 0 bridgehead atoms. The molecule has 0 atom stereocenters. The predicted octanol–water partition coefficient (Wildman–Crippen LogP) is 6.74. The van der Waals surface area contributed by atoms with Gasteiger partial charge in [0.25, 0.3) is 0 Å². The summed E-state index contributed by atoms with van der Waals surface area (Å²) in [6.45, 7) is 0. The summed E-state index contributed by atoms with van der Waals surface area (Å²) in [7, 11) is 1.62. The number of aromatic nitrogens is 4. The van der Waals surface area contributed by atoms with Crippen molar-refractivity contribution in [2.45, 2.75) is 6.18 Å². The van der Waals surface area contributed by atoms with Crippen molar-refractivity contribution in [3.05, 3.63) is 114 Å². The number of alkyl halides is 3. The number of hydrogen-bond donors (Lipinski definition) is 0. The van der Waals surface area contributed by atoms with Crippen molar-refractivity contribution in [3.8, 4) is 40.4 Å². The Labute approximate surface area is 215 Å². The molecule has 38 heavy (non-hydrogen) atoms. The molecule has 0 radical (unpaired) electrons. The minimum Gasteiger partial charge on any atom is -0.497 e. The molecule has 0 saturated carbocycles. The number of halogens is 3. The van der Waals surface area contributed by atoms with E-state index in [1.54, 1.807) is 7.11 Å². The molecule has 0 aliphatic heterocycles. The highest BCUT2D eigenvalue weighted by Gasteiger charge is 2.30. The van der Waals surface area contributed by atoms with Crippen molar-refractivity contribution >= 4 is 11.0 Å². The summed E-state index contributed by atoms with van der Waals surface area (Å²) in [5, 5.41) is 0. The minimum atomic E-state index is -4.40. The van der Waals surface area contributed by atoms with E-state index in [0.717, 1.165) is 40.3 Å². The SMILES string of the molecule is COc1ccc(-c2nc(C#Cc3nc(-c4ccc(C(F)(F)F)cc4)n4ccccc34)c3ccccn23)cc1. The van der Waals surface area contributed by atoms with E-state index in [9.17, 15) is 13.2 Å². The van der Waals surface area contributed by atoms with Crippen molar-refractivity contribution < 1.29 is 17.9 Å². The molecule has 0 unspecified atom stereocenters. The van der Waals surface area contributed by atoms with E-state index < -0.39 is 11.7 Å². The lowest BCUT2D eigenvalue weighted by Crippen LogP contribution is -2.04. The van der Waals surface area contributed by atoms with Crippen LogP contribution >= 0.6 is 0 Å². The van der Waals surface area contributed by atoms with Crippen LogP contribution in [0.15, 0.2) is 97.3 Å². The van der Waals surface area contributed by atoms with Crippen LogP contribution in [0.4, 0.5) is 13.2 Å². The maximum atomic E-state index is 13.0. The molecule has 4 aromatic heterocycles. The van der Waals surface area contributed by atoms with Gasteiger partial charge in [-0.05, 0) is 72.5 Å². The second-order valence-electron chi connectivity index (χ2n) is 8.53. The maximum absolute atomic E-state index is 13.0. The molecule has 6 rings (SSSR count). The molecule has 5 nitrogen and oxygen atoms in total. The fourth-order valence-corrected chi connectivity index (χ4v) is 4.33. The smallest absolute Gasteiger partial charge is 0.416 e. The van der Waals surface area contributed by atoms with Crippen molar-refractivity contribution in [2.75, 3.05) is 7.11 Å². The van der Waals surface area contributed by atoms with Gasteiger partial charge in [-0.3, -0.25) is 8.80 Å². The van der Waals surface area contributed by atoms with Crippen LogP contribution in [-0.4, -0.2) is 25.9 Å². The highest BCUT2D eigenvalue weighted by atomic mass is 19.4. The lowest BCUT2D eigenvalue weighted by atomic mass is 10.1. The van der Waals surface area contributed by atoms with Gasteiger partial charge in [-0.2, -0.15) is 13.2 Å². The molecule has 0 aliphatic rings. The standard InChI is InChI=1S/C30H19F3N4O/c1-38-23-14-10-21(11-15-23)29-35-25(27-7-3-5-19-37(27)29)17-16-24-26-6-2-4-18-36(26)28(34-24)20-8-12-22(13-9-20)30(31,32)33/h2-15,18-19H,1H3. The summed E-state index contributed by atoms with van der Waals surface area (Å²) in [5.74, 6) is 8.32. The Hall–Kier alpha value is -5.03. The average molecular weight is 509 g/mol. The van der Waals surface area contributed by atoms with E-state index in [4.69, 9.17) is 14.7 Å². The van der Waals surface area contributed by atoms with Crippen LogP contribution in [0, 0.1) is 11.8 Å². The monoisotopic (exact) mass is 508 g/mol. The highest BCUT2D eigenvalue weighted by molar-refractivity contribution is 5.72. The van der Waals surface area contributed by atoms with Crippen molar-refractivity contribution in [1.29, 1.82) is 0 Å². The van der Waals surface area contributed by atoms with Gasteiger partial charge in [0.05, 0.1) is 23.7 Å². The van der Waals surface area contributed by atoms with Crippen LogP contribution in [0.25, 0.3) is 33.8 Å². The van der Waals surface area contributed by atoms with Gasteiger partial charge in [0.15, 0.2) is 0 Å². The second kappa shape index (κ2) is 9.12. The molecule has 0 amide bonds. The summed E-state index contributed by atoms with van der Waals surface area (Å²) in [6, 6.07) is 24.0. The summed E-state index contributed by atoms with van der Waals surface area (Å²) in [5.41, 5.74) is 3.44. The quantitative estimate of drug-likeness (QED) is 0.249. The lowest BCUT2D eigenvalue weighted by Gasteiger charge is -2.07. The first-order valence-corrected chi connectivity index (χ1v) is 11.7. The predicted molar refractivity (Wildman–Crippen MR) is 139 cm³/mol. The molecule has 0 spiro atoms. The van der Waals surface area contributed by atoms with E-state index in [0.29, 0.717) is 22.8 Å². The molecule has 0 N–H and O–H groups in total. The normalized spacial score (nSPS) is 11.5. The Morgan fingerprint density at radius 3 is 1.58 bits per heavy atom. The number of nitrogens with zero attached hydrogens (tertiary/aromatic N) is 4. The Morgan fingerprint density at radius 2 is 1.13 bits per heavy atom. The van der Waals surface area contributed by atoms with Gasteiger partial charge in [0, 0.05) is 23.5 Å². The number of methoxy groups -OCH3 is 1. The Kier molecular flexibility index (Phi) is 5.61. The molecular formula is C30H19F3N4O. The molecule has 186 valence electrons. The number of pyridine rings is 2. The fraction of sp³-hybridized carbons (Fsp3) is 0.0667. The third-order valence-corrected chi connectivity index (χ3v) is 6.21. The number of rotatable bonds is 3. The second-order valence-corrected chi connectivity index (χ2v) is 8.53. The first kappa shape index (κ1) is 23.4. The van der Waals surface area contributed by atoms with Crippen molar-refractivity contribution in [3.63, 3.8) is 0 Å². The summed E-state index contributed by atoms with van der Waals surface area (Å²) >= 11 is 0. The van der Waals surface area contributed by atoms with Gasteiger partial charge in [0.2, 0.25) is 0 Å². The van der Waals surface area contributed by atoms with E-state index in [1.165, 1.54) is 12.1 Å². The zero-order valence-electron chi connectivity index (χ0n) is 20.1. The van der Waals surface area contributed by atoms with Crippen LogP contribution < -0.4 is 4.74 Å². The Bertz CT molecular complexity index is 1840. The molecule has 0 saturated heterocycles. The molecule has 0 fully saturated rings. The van der Waals surface area contributed by atoms with Gasteiger partial charge in [-0.15, -0.1) is 0 Å². The highest BCUT2D eigenvalue weighted by Crippen LogP contribution is 2.31.